The van der Waals surface area contributed by atoms with Gasteiger partial charge in [-0.05, 0) is 78.9 Å². The van der Waals surface area contributed by atoms with E-state index in [1.165, 1.54) is 13.2 Å². The normalized spacial score (nSPS) is 24.4. The molecule has 2 fully saturated rings. The minimum atomic E-state index is -1.32. The van der Waals surface area contributed by atoms with Gasteiger partial charge >= 0.3 is 5.97 Å². The second-order valence-electron chi connectivity index (χ2n) is 12.6. The van der Waals surface area contributed by atoms with Crippen LogP contribution in [0, 0.1) is 12.7 Å². The number of hydrogen-bond acceptors (Lipinski definition) is 7. The summed E-state index contributed by atoms with van der Waals surface area (Å²) in [6.45, 7) is 4.64. The average molecular weight is 690 g/mol. The Morgan fingerprint density at radius 2 is 1.88 bits per heavy atom. The number of nitrogens with one attached hydrogen (secondary N) is 2. The molecule has 2 saturated heterocycles. The number of nitrogen functional groups attached to an aromatic ring is 1. The van der Waals surface area contributed by atoms with Crippen molar-refractivity contribution in [2.24, 2.45) is 0 Å². The van der Waals surface area contributed by atoms with Crippen LogP contribution in [-0.2, 0) is 21.6 Å². The molecule has 11 heteroatoms. The zero-order valence-electron chi connectivity index (χ0n) is 26.7. The van der Waals surface area contributed by atoms with Crippen LogP contribution < -0.4 is 21.1 Å². The summed E-state index contributed by atoms with van der Waals surface area (Å²) in [6.07, 6.45) is 0.549. The maximum atomic E-state index is 16.3. The third kappa shape index (κ3) is 5.03. The Labute approximate surface area is 288 Å². The molecular weight excluding hydrogens is 654 g/mol. The van der Waals surface area contributed by atoms with E-state index in [0.29, 0.717) is 52.7 Å². The number of benzene rings is 4. The predicted molar refractivity (Wildman–Crippen MR) is 184 cm³/mol. The van der Waals surface area contributed by atoms with Crippen LogP contribution in [0.3, 0.4) is 0 Å². The van der Waals surface area contributed by atoms with Gasteiger partial charge in [-0.1, -0.05) is 59.6 Å². The van der Waals surface area contributed by atoms with Crippen molar-refractivity contribution in [2.45, 2.75) is 56.4 Å². The van der Waals surface area contributed by atoms with Crippen LogP contribution in [-0.4, -0.2) is 42.6 Å². The second kappa shape index (κ2) is 12.4. The molecule has 5 atom stereocenters. The highest BCUT2D eigenvalue weighted by molar-refractivity contribution is 6.31. The van der Waals surface area contributed by atoms with Gasteiger partial charge in [0, 0.05) is 52.5 Å². The molecule has 4 aromatic carbocycles. The Hall–Kier alpha value is -4.15. The summed E-state index contributed by atoms with van der Waals surface area (Å²) in [4.78, 5) is 29.3. The Morgan fingerprint density at radius 1 is 1.08 bits per heavy atom. The van der Waals surface area contributed by atoms with Gasteiger partial charge in [0.2, 0.25) is 5.91 Å². The van der Waals surface area contributed by atoms with Crippen LogP contribution in [0.2, 0.25) is 10.0 Å². The van der Waals surface area contributed by atoms with Gasteiger partial charge in [0.25, 0.3) is 0 Å². The molecule has 4 N–H and O–H groups in total. The number of likely N-dealkylation sites (tertiary alicyclic amines) is 1. The van der Waals surface area contributed by atoms with Crippen molar-refractivity contribution in [3.63, 3.8) is 0 Å². The number of halogens is 3. The lowest BCUT2D eigenvalue weighted by molar-refractivity contribution is -0.128. The summed E-state index contributed by atoms with van der Waals surface area (Å²) in [7, 11) is 1.33. The molecular formula is C37H35Cl2FN4O4. The summed E-state index contributed by atoms with van der Waals surface area (Å²) in [6, 6.07) is 20.7. The summed E-state index contributed by atoms with van der Waals surface area (Å²) < 4.78 is 27.1. The molecule has 0 saturated carbocycles. The molecule has 4 aromatic rings. The fraction of sp³-hybridized carbons (Fsp3) is 0.297. The molecule has 0 bridgehead atoms. The third-order valence-electron chi connectivity index (χ3n) is 10.0. The molecule has 0 radical (unpaired) electrons. The molecule has 3 aliphatic rings. The number of anilines is 2. The number of aryl methyl sites for hydroxylation is 1. The van der Waals surface area contributed by atoms with Crippen molar-refractivity contribution in [1.82, 2.24) is 10.2 Å². The van der Waals surface area contributed by atoms with Crippen LogP contribution in [0.25, 0.3) is 0 Å². The van der Waals surface area contributed by atoms with E-state index in [-0.39, 0.29) is 23.0 Å². The van der Waals surface area contributed by atoms with Gasteiger partial charge in [0.1, 0.15) is 17.1 Å². The number of esters is 1. The fourth-order valence-electron chi connectivity index (χ4n) is 8.14. The highest BCUT2D eigenvalue weighted by Gasteiger charge is 2.69. The lowest BCUT2D eigenvalue weighted by atomic mass is 9.73. The number of carbonyl (C=O) groups excluding carboxylic acids is 2. The van der Waals surface area contributed by atoms with E-state index in [9.17, 15) is 9.59 Å². The number of fused-ring (bicyclic) bond motifs is 3. The summed E-state index contributed by atoms with van der Waals surface area (Å²) in [5.41, 5.74) is 10.2. The highest BCUT2D eigenvalue weighted by atomic mass is 35.5. The SMILES string of the molecule is CCOc1cccc(CN2[C@H]3CC(c4cc(C)c(C(=O)OC)cc4N)N[C@H]3[C@H](c3cccc(Cl)c3F)[C@]23C(=O)Nc2cc(Cl)ccc23)c1. The number of amides is 1. The van der Waals surface area contributed by atoms with Crippen LogP contribution in [0.5, 0.6) is 5.75 Å². The highest BCUT2D eigenvalue weighted by Crippen LogP contribution is 2.61. The maximum absolute atomic E-state index is 16.3. The predicted octanol–water partition coefficient (Wildman–Crippen LogP) is 7.13. The van der Waals surface area contributed by atoms with Gasteiger partial charge < -0.3 is 25.8 Å². The molecule has 1 spiro atoms. The molecule has 1 amide bonds. The van der Waals surface area contributed by atoms with E-state index in [0.717, 1.165) is 22.4 Å². The van der Waals surface area contributed by atoms with E-state index < -0.39 is 29.3 Å². The quantitative estimate of drug-likeness (QED) is 0.140. The smallest absolute Gasteiger partial charge is 0.338 e. The molecule has 7 rings (SSSR count). The number of nitrogens with zero attached hydrogens (tertiary/aromatic N) is 1. The van der Waals surface area contributed by atoms with E-state index in [2.05, 4.69) is 15.5 Å². The minimum absolute atomic E-state index is 0.0235. The Morgan fingerprint density at radius 3 is 2.65 bits per heavy atom. The van der Waals surface area contributed by atoms with Crippen molar-refractivity contribution in [3.8, 4) is 5.75 Å². The molecule has 48 heavy (non-hydrogen) atoms. The lowest BCUT2D eigenvalue weighted by Crippen LogP contribution is -2.52. The van der Waals surface area contributed by atoms with Crippen LogP contribution >= 0.6 is 23.2 Å². The van der Waals surface area contributed by atoms with Crippen molar-refractivity contribution in [3.05, 3.63) is 122 Å². The van der Waals surface area contributed by atoms with Gasteiger partial charge in [0.15, 0.2) is 0 Å². The molecule has 0 aromatic heterocycles. The Kier molecular flexibility index (Phi) is 8.36. The third-order valence-corrected chi connectivity index (χ3v) is 10.6. The summed E-state index contributed by atoms with van der Waals surface area (Å²) in [5, 5.41) is 7.32. The second-order valence-corrected chi connectivity index (χ2v) is 13.4. The van der Waals surface area contributed by atoms with Crippen LogP contribution in [0.4, 0.5) is 15.8 Å². The standard InChI is InChI=1S/C37H35Cl2FN4O4/c1-4-48-22-8-5-7-20(14-22)18-44-31-17-29(25-13-19(2)24(16-28(25)41)35(45)47-3)42-34(31)32(23-9-6-10-27(39)33(23)40)37(44)26-12-11-21(38)15-30(26)43-36(37)46/h5-16,29,31-32,34,42H,4,17-18,41H2,1-3H3,(H,43,46)/t29?,31-,32-,34+,37+/m0/s1. The van der Waals surface area contributed by atoms with Gasteiger partial charge in [-0.25, -0.2) is 9.18 Å². The molecule has 1 unspecified atom stereocenters. The molecule has 3 heterocycles. The average Bonchev–Trinajstić information content (AvgIpc) is 3.69. The van der Waals surface area contributed by atoms with E-state index >= 15 is 4.39 Å². The maximum Gasteiger partial charge on any atom is 0.338 e. The number of hydrogen-bond donors (Lipinski definition) is 3. The number of ether oxygens (including phenoxy) is 2. The fourth-order valence-corrected chi connectivity index (χ4v) is 8.49. The Bertz CT molecular complexity index is 1960. The van der Waals surface area contributed by atoms with Crippen molar-refractivity contribution in [2.75, 3.05) is 24.8 Å². The summed E-state index contributed by atoms with van der Waals surface area (Å²) in [5.74, 6) is -1.29. The number of carbonyl (C=O) groups is 2. The molecule has 3 aliphatic heterocycles. The lowest BCUT2D eigenvalue weighted by Gasteiger charge is -2.41. The van der Waals surface area contributed by atoms with Gasteiger partial charge in [-0.15, -0.1) is 0 Å². The first-order chi connectivity index (χ1) is 23.1. The first-order valence-electron chi connectivity index (χ1n) is 15.9. The van der Waals surface area contributed by atoms with Crippen LogP contribution in [0.1, 0.15) is 63.5 Å². The van der Waals surface area contributed by atoms with E-state index in [1.54, 1.807) is 30.3 Å². The number of rotatable bonds is 7. The number of methoxy groups -OCH3 is 1. The largest absolute Gasteiger partial charge is 0.494 e. The van der Waals surface area contributed by atoms with E-state index in [1.807, 2.05) is 50.2 Å². The molecule has 0 aliphatic carbocycles. The van der Waals surface area contributed by atoms with Crippen molar-refractivity contribution >= 4 is 46.5 Å². The Balaban J connectivity index is 1.42. The molecule has 248 valence electrons. The first-order valence-corrected chi connectivity index (χ1v) is 16.6. The minimum Gasteiger partial charge on any atom is -0.494 e. The zero-order chi connectivity index (χ0) is 33.9. The first kappa shape index (κ1) is 32.4. The van der Waals surface area contributed by atoms with Crippen LogP contribution in [0.15, 0.2) is 72.8 Å². The van der Waals surface area contributed by atoms with Crippen molar-refractivity contribution in [1.29, 1.82) is 0 Å². The van der Waals surface area contributed by atoms with E-state index in [4.69, 9.17) is 38.4 Å². The number of nitrogens with two attached hydrogens (primary N) is 1. The van der Waals surface area contributed by atoms with Gasteiger partial charge in [-0.2, -0.15) is 0 Å². The summed E-state index contributed by atoms with van der Waals surface area (Å²) >= 11 is 12.8. The van der Waals surface area contributed by atoms with Gasteiger partial charge in [0.05, 0.1) is 24.3 Å². The molecule has 8 nitrogen and oxygen atoms in total. The van der Waals surface area contributed by atoms with Crippen molar-refractivity contribution < 1.29 is 23.5 Å². The van der Waals surface area contributed by atoms with Gasteiger partial charge in [-0.3, -0.25) is 9.69 Å². The zero-order valence-corrected chi connectivity index (χ0v) is 28.2. The monoisotopic (exact) mass is 688 g/mol. The topological polar surface area (TPSA) is 106 Å².